The quantitative estimate of drug-likeness (QED) is 0.857. The molecule has 2 fully saturated rings. The molecule has 1 aromatic heterocycles. The summed E-state index contributed by atoms with van der Waals surface area (Å²) in [6.07, 6.45) is 1.06. The number of hydrogen-bond acceptors (Lipinski definition) is 6. The topological polar surface area (TPSA) is 82.7 Å². The van der Waals surface area contributed by atoms with Crippen molar-refractivity contribution in [3.05, 3.63) is 11.7 Å². The van der Waals surface area contributed by atoms with Crippen LogP contribution in [0.2, 0.25) is 0 Å². The SMILES string of the molecule is Cc1nc(CN(C)C2CCN(C(=O)C(F)(F)C3(O)CCC3)C2)no1. The smallest absolute Gasteiger partial charge is 0.352 e. The molecule has 1 saturated carbocycles. The molecule has 134 valence electrons. The zero-order valence-corrected chi connectivity index (χ0v) is 13.8. The number of hydrogen-bond donors (Lipinski definition) is 1. The molecule has 2 aliphatic rings. The lowest BCUT2D eigenvalue weighted by Crippen LogP contribution is -2.61. The molecule has 0 bridgehead atoms. The van der Waals surface area contributed by atoms with Crippen molar-refractivity contribution >= 4 is 5.91 Å². The number of amides is 1. The van der Waals surface area contributed by atoms with E-state index >= 15 is 0 Å². The van der Waals surface area contributed by atoms with E-state index in [-0.39, 0.29) is 32.0 Å². The first-order valence-corrected chi connectivity index (χ1v) is 8.12. The minimum atomic E-state index is -3.72. The molecular formula is C15H22F2N4O3. The van der Waals surface area contributed by atoms with E-state index in [0.717, 1.165) is 4.90 Å². The van der Waals surface area contributed by atoms with E-state index in [9.17, 15) is 18.7 Å². The fraction of sp³-hybridized carbons (Fsp3) is 0.800. The Morgan fingerprint density at radius 3 is 2.79 bits per heavy atom. The molecule has 1 aromatic rings. The largest absolute Gasteiger partial charge is 0.383 e. The van der Waals surface area contributed by atoms with Gasteiger partial charge in [-0.25, -0.2) is 0 Å². The van der Waals surface area contributed by atoms with Gasteiger partial charge in [-0.05, 0) is 32.7 Å². The molecule has 0 aromatic carbocycles. The molecule has 1 saturated heterocycles. The molecular weight excluding hydrogens is 322 g/mol. The first-order valence-electron chi connectivity index (χ1n) is 8.12. The predicted molar refractivity (Wildman–Crippen MR) is 79.2 cm³/mol. The first kappa shape index (κ1) is 17.2. The Morgan fingerprint density at radius 2 is 2.25 bits per heavy atom. The van der Waals surface area contributed by atoms with Gasteiger partial charge in [0.15, 0.2) is 5.82 Å². The van der Waals surface area contributed by atoms with Gasteiger partial charge in [-0.3, -0.25) is 9.69 Å². The number of carbonyl (C=O) groups excluding carboxylic acids is 1. The molecule has 1 aliphatic carbocycles. The zero-order chi connectivity index (χ0) is 17.5. The average molecular weight is 344 g/mol. The lowest BCUT2D eigenvalue weighted by Gasteiger charge is -2.42. The van der Waals surface area contributed by atoms with E-state index in [1.54, 1.807) is 6.92 Å². The van der Waals surface area contributed by atoms with E-state index in [2.05, 4.69) is 10.1 Å². The van der Waals surface area contributed by atoms with Crippen LogP contribution in [0.1, 0.15) is 37.4 Å². The Hall–Kier alpha value is -1.61. The van der Waals surface area contributed by atoms with Crippen LogP contribution < -0.4 is 0 Å². The maximum atomic E-state index is 14.3. The van der Waals surface area contributed by atoms with Crippen LogP contribution in [0.5, 0.6) is 0 Å². The summed E-state index contributed by atoms with van der Waals surface area (Å²) in [5, 5.41) is 13.7. The molecule has 2 heterocycles. The molecule has 1 atom stereocenters. The maximum Gasteiger partial charge on any atom is 0.352 e. The third-order valence-corrected chi connectivity index (χ3v) is 5.07. The molecule has 1 N–H and O–H groups in total. The standard InChI is InChI=1S/C15H22F2N4O3/c1-10-18-12(19-24-10)9-20(2)11-4-7-21(8-11)13(22)15(16,17)14(23)5-3-6-14/h11,23H,3-9H2,1-2H3. The summed E-state index contributed by atoms with van der Waals surface area (Å²) in [5.41, 5.74) is -2.17. The van der Waals surface area contributed by atoms with Gasteiger partial charge < -0.3 is 14.5 Å². The summed E-state index contributed by atoms with van der Waals surface area (Å²) in [4.78, 5) is 19.4. The van der Waals surface area contributed by atoms with Crippen molar-refractivity contribution in [1.29, 1.82) is 0 Å². The summed E-state index contributed by atoms with van der Waals surface area (Å²) in [6.45, 7) is 2.58. The number of aryl methyl sites for hydroxylation is 1. The van der Waals surface area contributed by atoms with Crippen LogP contribution in [0.4, 0.5) is 8.78 Å². The van der Waals surface area contributed by atoms with E-state index in [1.165, 1.54) is 0 Å². The third kappa shape index (κ3) is 2.90. The predicted octanol–water partition coefficient (Wildman–Crippen LogP) is 0.961. The lowest BCUT2D eigenvalue weighted by atomic mass is 9.75. The fourth-order valence-electron chi connectivity index (χ4n) is 3.27. The van der Waals surface area contributed by atoms with Crippen LogP contribution in [0.25, 0.3) is 0 Å². The zero-order valence-electron chi connectivity index (χ0n) is 13.8. The average Bonchev–Trinajstić information content (AvgIpc) is 3.13. The molecule has 1 amide bonds. The minimum absolute atomic E-state index is 0.0277. The Bertz CT molecular complexity index is 618. The summed E-state index contributed by atoms with van der Waals surface area (Å²) < 4.78 is 33.5. The second kappa shape index (κ2) is 6.03. The van der Waals surface area contributed by atoms with Gasteiger partial charge in [0, 0.05) is 26.1 Å². The number of carbonyl (C=O) groups is 1. The number of likely N-dealkylation sites (tertiary alicyclic amines) is 1. The molecule has 0 radical (unpaired) electrons. The number of alkyl halides is 2. The molecule has 9 heteroatoms. The fourth-order valence-corrected chi connectivity index (χ4v) is 3.27. The number of aliphatic hydroxyl groups is 1. The van der Waals surface area contributed by atoms with Crippen molar-refractivity contribution in [1.82, 2.24) is 19.9 Å². The highest BCUT2D eigenvalue weighted by Gasteiger charge is 2.62. The van der Waals surface area contributed by atoms with Crippen LogP contribution in [-0.4, -0.2) is 68.7 Å². The van der Waals surface area contributed by atoms with E-state index in [0.29, 0.717) is 31.1 Å². The number of halogens is 2. The highest BCUT2D eigenvalue weighted by Crippen LogP contribution is 2.45. The van der Waals surface area contributed by atoms with Gasteiger partial charge in [-0.15, -0.1) is 0 Å². The molecule has 3 rings (SSSR count). The number of nitrogens with zero attached hydrogens (tertiary/aromatic N) is 4. The van der Waals surface area contributed by atoms with Crippen molar-refractivity contribution < 1.29 is 23.2 Å². The van der Waals surface area contributed by atoms with Gasteiger partial charge in [0.25, 0.3) is 5.91 Å². The Balaban J connectivity index is 1.59. The summed E-state index contributed by atoms with van der Waals surface area (Å²) >= 11 is 0. The van der Waals surface area contributed by atoms with Crippen LogP contribution in [0.3, 0.4) is 0 Å². The van der Waals surface area contributed by atoms with Gasteiger partial charge >= 0.3 is 5.92 Å². The highest BCUT2D eigenvalue weighted by molar-refractivity contribution is 5.85. The summed E-state index contributed by atoms with van der Waals surface area (Å²) in [6, 6.07) is -0.0559. The normalized spacial score (nSPS) is 23.6. The lowest BCUT2D eigenvalue weighted by molar-refractivity contribution is -0.222. The molecule has 1 unspecified atom stereocenters. The van der Waals surface area contributed by atoms with Gasteiger partial charge in [0.2, 0.25) is 5.89 Å². The Kier molecular flexibility index (Phi) is 4.33. The highest BCUT2D eigenvalue weighted by atomic mass is 19.3. The summed E-state index contributed by atoms with van der Waals surface area (Å²) in [7, 11) is 1.84. The monoisotopic (exact) mass is 344 g/mol. The first-order chi connectivity index (χ1) is 11.2. The minimum Gasteiger partial charge on any atom is -0.383 e. The molecule has 24 heavy (non-hydrogen) atoms. The second-order valence-corrected chi connectivity index (χ2v) is 6.80. The van der Waals surface area contributed by atoms with Crippen LogP contribution >= 0.6 is 0 Å². The van der Waals surface area contributed by atoms with Crippen LogP contribution in [0, 0.1) is 6.92 Å². The Labute approximate surface area is 138 Å². The number of likely N-dealkylation sites (N-methyl/N-ethyl adjacent to an activating group) is 1. The van der Waals surface area contributed by atoms with Crippen molar-refractivity contribution in [2.45, 2.75) is 56.7 Å². The van der Waals surface area contributed by atoms with Crippen molar-refractivity contribution in [3.8, 4) is 0 Å². The molecule has 0 spiro atoms. The Morgan fingerprint density at radius 1 is 1.54 bits per heavy atom. The van der Waals surface area contributed by atoms with Gasteiger partial charge in [0.1, 0.15) is 5.60 Å². The number of rotatable bonds is 5. The van der Waals surface area contributed by atoms with Gasteiger partial charge in [-0.1, -0.05) is 5.16 Å². The van der Waals surface area contributed by atoms with Crippen molar-refractivity contribution in [2.24, 2.45) is 0 Å². The van der Waals surface area contributed by atoms with Crippen LogP contribution in [0.15, 0.2) is 4.52 Å². The third-order valence-electron chi connectivity index (χ3n) is 5.07. The number of aromatic nitrogens is 2. The maximum absolute atomic E-state index is 14.3. The summed E-state index contributed by atoms with van der Waals surface area (Å²) in [5.74, 6) is -4.00. The van der Waals surface area contributed by atoms with E-state index < -0.39 is 17.4 Å². The van der Waals surface area contributed by atoms with E-state index in [4.69, 9.17) is 4.52 Å². The van der Waals surface area contributed by atoms with Gasteiger partial charge in [0.05, 0.1) is 6.54 Å². The van der Waals surface area contributed by atoms with Crippen molar-refractivity contribution in [3.63, 3.8) is 0 Å². The second-order valence-electron chi connectivity index (χ2n) is 6.80. The molecule has 1 aliphatic heterocycles. The van der Waals surface area contributed by atoms with Gasteiger partial charge in [-0.2, -0.15) is 13.8 Å². The van der Waals surface area contributed by atoms with Crippen molar-refractivity contribution in [2.75, 3.05) is 20.1 Å². The molecule has 7 nitrogen and oxygen atoms in total. The van der Waals surface area contributed by atoms with Crippen LogP contribution in [-0.2, 0) is 11.3 Å². The van der Waals surface area contributed by atoms with E-state index in [1.807, 2.05) is 11.9 Å².